The zero-order valence-electron chi connectivity index (χ0n) is 15.1. The Morgan fingerprint density at radius 3 is 2.19 bits per heavy atom. The summed E-state index contributed by atoms with van der Waals surface area (Å²) in [5, 5.41) is 14.7. The molecule has 3 heteroatoms. The van der Waals surface area contributed by atoms with Crippen LogP contribution in [0, 0.1) is 13.8 Å². The number of rotatable bonds is 6. The molecule has 132 valence electrons. The normalized spacial score (nSPS) is 13.0. The third kappa shape index (κ3) is 3.84. The number of anilines is 1. The van der Waals surface area contributed by atoms with Gasteiger partial charge in [-0.3, -0.25) is 4.79 Å². The summed E-state index contributed by atoms with van der Waals surface area (Å²) in [6.45, 7) is 3.98. The summed E-state index contributed by atoms with van der Waals surface area (Å²) < 4.78 is 0. The van der Waals surface area contributed by atoms with Gasteiger partial charge in [0.05, 0.1) is 6.54 Å². The highest BCUT2D eigenvalue weighted by Crippen LogP contribution is 2.28. The summed E-state index contributed by atoms with van der Waals surface area (Å²) >= 11 is 0. The van der Waals surface area contributed by atoms with E-state index in [-0.39, 0.29) is 12.3 Å². The standard InChI is InChI=1S/C23H23NO2/c1-17-8-6-10-19(14-17)22(25)23(26,20-11-7-9-18(2)15-20)16-24-21-12-4-3-5-13-21/h3-15,24,26H,16H2,1-2H3/t23-/m1/s1. The average Bonchev–Trinajstić information content (AvgIpc) is 2.66. The molecule has 3 aromatic carbocycles. The SMILES string of the molecule is Cc1cccc(C(=O)[C@@](O)(CNc2ccccc2)c2cccc(C)c2)c1. The Morgan fingerprint density at radius 2 is 1.54 bits per heavy atom. The molecule has 0 heterocycles. The van der Waals surface area contributed by atoms with Crippen LogP contribution in [-0.2, 0) is 5.60 Å². The molecule has 1 atom stereocenters. The van der Waals surface area contributed by atoms with Crippen molar-refractivity contribution in [3.8, 4) is 0 Å². The largest absolute Gasteiger partial charge is 0.381 e. The Labute approximate surface area is 154 Å². The van der Waals surface area contributed by atoms with Crippen LogP contribution in [0.4, 0.5) is 5.69 Å². The maximum absolute atomic E-state index is 13.3. The van der Waals surface area contributed by atoms with Gasteiger partial charge in [0.25, 0.3) is 0 Å². The maximum Gasteiger partial charge on any atom is 0.200 e. The van der Waals surface area contributed by atoms with Gasteiger partial charge in [-0.1, -0.05) is 71.8 Å². The summed E-state index contributed by atoms with van der Waals surface area (Å²) in [5.41, 5.74) is 2.28. The highest BCUT2D eigenvalue weighted by Gasteiger charge is 2.38. The topological polar surface area (TPSA) is 49.3 Å². The van der Waals surface area contributed by atoms with Gasteiger partial charge in [-0.05, 0) is 37.6 Å². The first-order valence-corrected chi connectivity index (χ1v) is 8.69. The lowest BCUT2D eigenvalue weighted by molar-refractivity contribution is 0.0364. The smallest absolute Gasteiger partial charge is 0.200 e. The third-order valence-corrected chi connectivity index (χ3v) is 4.47. The Morgan fingerprint density at radius 1 is 0.885 bits per heavy atom. The second-order valence-electron chi connectivity index (χ2n) is 6.65. The summed E-state index contributed by atoms with van der Waals surface area (Å²) in [7, 11) is 0. The Balaban J connectivity index is 1.99. The van der Waals surface area contributed by atoms with Crippen LogP contribution in [0.15, 0.2) is 78.9 Å². The number of para-hydroxylation sites is 1. The van der Waals surface area contributed by atoms with E-state index in [0.29, 0.717) is 11.1 Å². The summed E-state index contributed by atoms with van der Waals surface area (Å²) in [5.74, 6) is -0.310. The average molecular weight is 345 g/mol. The fraction of sp³-hybridized carbons (Fsp3) is 0.174. The molecular weight excluding hydrogens is 322 g/mol. The highest BCUT2D eigenvalue weighted by molar-refractivity contribution is 6.03. The number of aliphatic hydroxyl groups is 1. The quantitative estimate of drug-likeness (QED) is 0.647. The van der Waals surface area contributed by atoms with Crippen molar-refractivity contribution in [1.82, 2.24) is 0 Å². The van der Waals surface area contributed by atoms with Crippen molar-refractivity contribution in [2.24, 2.45) is 0 Å². The molecule has 2 N–H and O–H groups in total. The molecule has 0 unspecified atom stereocenters. The van der Waals surface area contributed by atoms with Gasteiger partial charge in [-0.15, -0.1) is 0 Å². The van der Waals surface area contributed by atoms with E-state index < -0.39 is 5.60 Å². The predicted octanol–water partition coefficient (Wildman–Crippen LogP) is 4.49. The molecule has 0 spiro atoms. The number of hydrogen-bond donors (Lipinski definition) is 2. The molecule has 3 rings (SSSR count). The molecule has 0 amide bonds. The summed E-state index contributed by atoms with van der Waals surface area (Å²) in [6, 6.07) is 24.4. The van der Waals surface area contributed by atoms with Gasteiger partial charge in [0.15, 0.2) is 5.60 Å². The first-order chi connectivity index (χ1) is 12.5. The second kappa shape index (κ2) is 7.54. The van der Waals surface area contributed by atoms with E-state index in [1.54, 1.807) is 12.1 Å². The van der Waals surface area contributed by atoms with Crippen LogP contribution < -0.4 is 5.32 Å². The van der Waals surface area contributed by atoms with E-state index in [4.69, 9.17) is 0 Å². The molecule has 0 fully saturated rings. The molecule has 3 aromatic rings. The van der Waals surface area contributed by atoms with Crippen LogP contribution in [0.5, 0.6) is 0 Å². The fourth-order valence-corrected chi connectivity index (χ4v) is 3.03. The highest BCUT2D eigenvalue weighted by atomic mass is 16.3. The van der Waals surface area contributed by atoms with E-state index in [1.165, 1.54) is 0 Å². The number of aryl methyl sites for hydroxylation is 2. The first-order valence-electron chi connectivity index (χ1n) is 8.69. The molecule has 0 bridgehead atoms. The number of benzene rings is 3. The van der Waals surface area contributed by atoms with Crippen LogP contribution in [0.25, 0.3) is 0 Å². The first kappa shape index (κ1) is 17.9. The minimum Gasteiger partial charge on any atom is -0.381 e. The van der Waals surface area contributed by atoms with Gasteiger partial charge in [0.2, 0.25) is 5.78 Å². The van der Waals surface area contributed by atoms with Crippen LogP contribution in [0.1, 0.15) is 27.0 Å². The molecule has 0 aromatic heterocycles. The van der Waals surface area contributed by atoms with Crippen molar-refractivity contribution < 1.29 is 9.90 Å². The number of carbonyl (C=O) groups excluding carboxylic acids is 1. The Kier molecular flexibility index (Phi) is 5.19. The summed E-state index contributed by atoms with van der Waals surface area (Å²) in [6.07, 6.45) is 0. The van der Waals surface area contributed by atoms with Gasteiger partial charge in [-0.25, -0.2) is 0 Å². The molecule has 3 nitrogen and oxygen atoms in total. The van der Waals surface area contributed by atoms with E-state index in [1.807, 2.05) is 80.6 Å². The minimum atomic E-state index is -1.66. The lowest BCUT2D eigenvalue weighted by atomic mass is 9.84. The van der Waals surface area contributed by atoms with Gasteiger partial charge in [0.1, 0.15) is 0 Å². The number of Topliss-reactive ketones (excluding diaryl/α,β-unsaturated/α-hetero) is 1. The van der Waals surface area contributed by atoms with Crippen LogP contribution in [-0.4, -0.2) is 17.4 Å². The maximum atomic E-state index is 13.3. The molecular formula is C23H23NO2. The van der Waals surface area contributed by atoms with Crippen molar-refractivity contribution in [2.45, 2.75) is 19.4 Å². The number of carbonyl (C=O) groups is 1. The monoisotopic (exact) mass is 345 g/mol. The van der Waals surface area contributed by atoms with Crippen molar-refractivity contribution >= 4 is 11.5 Å². The molecule has 0 radical (unpaired) electrons. The van der Waals surface area contributed by atoms with Crippen molar-refractivity contribution in [2.75, 3.05) is 11.9 Å². The Hall–Kier alpha value is -2.91. The lowest BCUT2D eigenvalue weighted by Gasteiger charge is -2.28. The summed E-state index contributed by atoms with van der Waals surface area (Å²) in [4.78, 5) is 13.3. The van der Waals surface area contributed by atoms with E-state index in [9.17, 15) is 9.90 Å². The number of hydrogen-bond acceptors (Lipinski definition) is 3. The molecule has 0 saturated carbocycles. The molecule has 0 aliphatic heterocycles. The van der Waals surface area contributed by atoms with Crippen LogP contribution >= 0.6 is 0 Å². The number of ketones is 1. The predicted molar refractivity (Wildman–Crippen MR) is 106 cm³/mol. The van der Waals surface area contributed by atoms with Crippen molar-refractivity contribution in [1.29, 1.82) is 0 Å². The van der Waals surface area contributed by atoms with E-state index >= 15 is 0 Å². The van der Waals surface area contributed by atoms with E-state index in [0.717, 1.165) is 16.8 Å². The van der Waals surface area contributed by atoms with Gasteiger partial charge in [-0.2, -0.15) is 0 Å². The van der Waals surface area contributed by atoms with Gasteiger partial charge >= 0.3 is 0 Å². The molecule has 0 aliphatic carbocycles. The zero-order chi connectivity index (χ0) is 18.6. The van der Waals surface area contributed by atoms with Crippen molar-refractivity contribution in [3.05, 3.63) is 101 Å². The third-order valence-electron chi connectivity index (χ3n) is 4.47. The fourth-order valence-electron chi connectivity index (χ4n) is 3.03. The minimum absolute atomic E-state index is 0.0905. The van der Waals surface area contributed by atoms with Crippen LogP contribution in [0.3, 0.4) is 0 Å². The van der Waals surface area contributed by atoms with Gasteiger partial charge < -0.3 is 10.4 Å². The van der Waals surface area contributed by atoms with Gasteiger partial charge in [0, 0.05) is 11.3 Å². The van der Waals surface area contributed by atoms with Crippen molar-refractivity contribution in [3.63, 3.8) is 0 Å². The number of nitrogens with one attached hydrogen (secondary N) is 1. The lowest BCUT2D eigenvalue weighted by Crippen LogP contribution is -2.42. The molecule has 0 aliphatic rings. The van der Waals surface area contributed by atoms with E-state index in [2.05, 4.69) is 5.32 Å². The zero-order valence-corrected chi connectivity index (χ0v) is 15.1. The molecule has 26 heavy (non-hydrogen) atoms. The van der Waals surface area contributed by atoms with Crippen LogP contribution in [0.2, 0.25) is 0 Å². The Bertz CT molecular complexity index is 905. The second-order valence-corrected chi connectivity index (χ2v) is 6.65. The molecule has 0 saturated heterocycles.